The third-order valence-electron chi connectivity index (χ3n) is 2.24. The van der Waals surface area contributed by atoms with E-state index in [0.29, 0.717) is 0 Å². The Hall–Kier alpha value is -1.05. The maximum atomic E-state index is 11.5. The minimum Gasteiger partial charge on any atom is -0.618 e. The summed E-state index contributed by atoms with van der Waals surface area (Å²) in [4.78, 5) is 0. The Morgan fingerprint density at radius 1 is 1.31 bits per heavy atom. The second-order valence-corrected chi connectivity index (χ2v) is 3.41. The zero-order valence-corrected chi connectivity index (χ0v) is 8.42. The summed E-state index contributed by atoms with van der Waals surface area (Å²) < 4.78 is 1.04. The molecule has 1 aromatic rings. The molecule has 0 N–H and O–H groups in total. The van der Waals surface area contributed by atoms with Crippen LogP contribution in [0.4, 0.5) is 0 Å². The molecule has 2 heteroatoms. The van der Waals surface area contributed by atoms with Gasteiger partial charge >= 0.3 is 0 Å². The number of aromatic nitrogens is 1. The van der Waals surface area contributed by atoms with Crippen LogP contribution >= 0.6 is 0 Å². The van der Waals surface area contributed by atoms with Crippen LogP contribution in [0.2, 0.25) is 0 Å². The maximum Gasteiger partial charge on any atom is 0.193 e. The van der Waals surface area contributed by atoms with Crippen LogP contribution in [0.5, 0.6) is 0 Å². The zero-order chi connectivity index (χ0) is 9.68. The molecule has 72 valence electrons. The van der Waals surface area contributed by atoms with Gasteiger partial charge in [0.1, 0.15) is 0 Å². The SMILES string of the molecule is CCCCCc1cccc(C)[n+]1[O-]. The van der Waals surface area contributed by atoms with Crippen molar-refractivity contribution < 1.29 is 4.73 Å². The monoisotopic (exact) mass is 179 g/mol. The van der Waals surface area contributed by atoms with Gasteiger partial charge in [-0.05, 0) is 12.5 Å². The molecule has 0 saturated carbocycles. The molecule has 0 unspecified atom stereocenters. The Balaban J connectivity index is 2.61. The van der Waals surface area contributed by atoms with Crippen LogP contribution in [-0.2, 0) is 6.42 Å². The normalized spacial score (nSPS) is 10.3. The van der Waals surface area contributed by atoms with Crippen LogP contribution in [0.3, 0.4) is 0 Å². The van der Waals surface area contributed by atoms with E-state index in [4.69, 9.17) is 0 Å². The lowest BCUT2D eigenvalue weighted by molar-refractivity contribution is -0.620. The maximum absolute atomic E-state index is 11.5. The van der Waals surface area contributed by atoms with Gasteiger partial charge in [-0.3, -0.25) is 0 Å². The average molecular weight is 179 g/mol. The van der Waals surface area contributed by atoms with Gasteiger partial charge in [0.05, 0.1) is 0 Å². The van der Waals surface area contributed by atoms with Crippen molar-refractivity contribution in [3.8, 4) is 0 Å². The fourth-order valence-corrected chi connectivity index (χ4v) is 1.40. The molecule has 1 aromatic heterocycles. The van der Waals surface area contributed by atoms with Gasteiger partial charge in [-0.1, -0.05) is 19.8 Å². The molecule has 0 atom stereocenters. The van der Waals surface area contributed by atoms with E-state index in [0.717, 1.165) is 29.0 Å². The van der Waals surface area contributed by atoms with E-state index >= 15 is 0 Å². The standard InChI is InChI=1S/C11H17NO/c1-3-4-5-8-11-9-6-7-10(2)12(11)13/h6-7,9H,3-5,8H2,1-2H3. The van der Waals surface area contributed by atoms with Gasteiger partial charge in [0.2, 0.25) is 0 Å². The number of pyridine rings is 1. The third-order valence-corrected chi connectivity index (χ3v) is 2.24. The molecule has 2 nitrogen and oxygen atoms in total. The van der Waals surface area contributed by atoms with Crippen LogP contribution in [0.25, 0.3) is 0 Å². The molecule has 0 aliphatic carbocycles. The van der Waals surface area contributed by atoms with Crippen molar-refractivity contribution >= 4 is 0 Å². The van der Waals surface area contributed by atoms with Crippen molar-refractivity contribution in [2.75, 3.05) is 0 Å². The van der Waals surface area contributed by atoms with Crippen LogP contribution in [-0.4, -0.2) is 0 Å². The number of unbranched alkanes of at least 4 members (excludes halogenated alkanes) is 2. The van der Waals surface area contributed by atoms with Gasteiger partial charge in [-0.2, -0.15) is 4.73 Å². The lowest BCUT2D eigenvalue weighted by Gasteiger charge is -2.05. The molecule has 0 amide bonds. The van der Waals surface area contributed by atoms with Crippen LogP contribution in [0.1, 0.15) is 37.6 Å². The Morgan fingerprint density at radius 2 is 2.08 bits per heavy atom. The minimum atomic E-state index is 0.786. The topological polar surface area (TPSA) is 26.9 Å². The van der Waals surface area contributed by atoms with Crippen molar-refractivity contribution in [1.82, 2.24) is 0 Å². The minimum absolute atomic E-state index is 0.786. The average Bonchev–Trinajstić information content (AvgIpc) is 2.13. The summed E-state index contributed by atoms with van der Waals surface area (Å²) in [5.74, 6) is 0. The van der Waals surface area contributed by atoms with E-state index in [1.165, 1.54) is 12.8 Å². The number of hydrogen-bond acceptors (Lipinski definition) is 1. The molecule has 0 aliphatic heterocycles. The van der Waals surface area contributed by atoms with E-state index < -0.39 is 0 Å². The Kier molecular flexibility index (Phi) is 3.74. The predicted octanol–water partition coefficient (Wildman–Crippen LogP) is 2.36. The van der Waals surface area contributed by atoms with Gasteiger partial charge in [-0.25, -0.2) is 0 Å². The molecule has 1 rings (SSSR count). The molecule has 0 bridgehead atoms. The second kappa shape index (κ2) is 4.85. The smallest absolute Gasteiger partial charge is 0.193 e. The molecule has 0 spiro atoms. The molecule has 1 heterocycles. The zero-order valence-electron chi connectivity index (χ0n) is 8.42. The van der Waals surface area contributed by atoms with E-state index in [2.05, 4.69) is 6.92 Å². The fraction of sp³-hybridized carbons (Fsp3) is 0.545. The van der Waals surface area contributed by atoms with Gasteiger partial charge in [0, 0.05) is 25.5 Å². The molecule has 0 aromatic carbocycles. The Bertz CT molecular complexity index is 271. The highest BCUT2D eigenvalue weighted by atomic mass is 16.5. The lowest BCUT2D eigenvalue weighted by atomic mass is 10.1. The molecule has 13 heavy (non-hydrogen) atoms. The molecular weight excluding hydrogens is 162 g/mol. The number of aryl methyl sites for hydroxylation is 2. The first kappa shape index (κ1) is 10.0. The predicted molar refractivity (Wildman–Crippen MR) is 53.4 cm³/mol. The summed E-state index contributed by atoms with van der Waals surface area (Å²) in [6, 6.07) is 5.71. The third kappa shape index (κ3) is 2.72. The summed E-state index contributed by atoms with van der Waals surface area (Å²) in [6.45, 7) is 4.01. The van der Waals surface area contributed by atoms with Crippen molar-refractivity contribution in [2.24, 2.45) is 0 Å². The van der Waals surface area contributed by atoms with Crippen LogP contribution < -0.4 is 4.73 Å². The van der Waals surface area contributed by atoms with Gasteiger partial charge in [-0.15, -0.1) is 0 Å². The van der Waals surface area contributed by atoms with Crippen molar-refractivity contribution in [3.63, 3.8) is 0 Å². The highest BCUT2D eigenvalue weighted by molar-refractivity contribution is 5.03. The second-order valence-electron chi connectivity index (χ2n) is 3.41. The fourth-order valence-electron chi connectivity index (χ4n) is 1.40. The molecule has 0 saturated heterocycles. The number of rotatable bonds is 4. The van der Waals surface area contributed by atoms with Crippen LogP contribution in [0, 0.1) is 12.1 Å². The number of nitrogens with zero attached hydrogens (tertiary/aromatic N) is 1. The highest BCUT2D eigenvalue weighted by Gasteiger charge is 2.05. The van der Waals surface area contributed by atoms with Crippen molar-refractivity contribution in [2.45, 2.75) is 39.5 Å². The van der Waals surface area contributed by atoms with E-state index in [-0.39, 0.29) is 0 Å². The molecule has 0 aliphatic rings. The Labute approximate surface area is 79.8 Å². The van der Waals surface area contributed by atoms with E-state index in [9.17, 15) is 5.21 Å². The molecular formula is C11H17NO. The summed E-state index contributed by atoms with van der Waals surface area (Å²) >= 11 is 0. The first-order valence-corrected chi connectivity index (χ1v) is 4.93. The Morgan fingerprint density at radius 3 is 2.77 bits per heavy atom. The highest BCUT2D eigenvalue weighted by Crippen LogP contribution is 2.03. The summed E-state index contributed by atoms with van der Waals surface area (Å²) in [5, 5.41) is 11.5. The van der Waals surface area contributed by atoms with Crippen molar-refractivity contribution in [3.05, 3.63) is 34.8 Å². The van der Waals surface area contributed by atoms with Gasteiger partial charge in [0.25, 0.3) is 0 Å². The van der Waals surface area contributed by atoms with Gasteiger partial charge in [0.15, 0.2) is 11.4 Å². The molecule has 0 radical (unpaired) electrons. The molecule has 0 fully saturated rings. The lowest BCUT2D eigenvalue weighted by Crippen LogP contribution is -2.34. The first-order valence-electron chi connectivity index (χ1n) is 4.93. The quantitative estimate of drug-likeness (QED) is 0.396. The van der Waals surface area contributed by atoms with Gasteiger partial charge < -0.3 is 5.21 Å². The van der Waals surface area contributed by atoms with Crippen LogP contribution in [0.15, 0.2) is 18.2 Å². The number of hydrogen-bond donors (Lipinski definition) is 0. The summed E-state index contributed by atoms with van der Waals surface area (Å²) in [6.07, 6.45) is 4.42. The first-order chi connectivity index (χ1) is 6.25. The van der Waals surface area contributed by atoms with E-state index in [1.807, 2.05) is 25.1 Å². The largest absolute Gasteiger partial charge is 0.618 e. The van der Waals surface area contributed by atoms with Crippen molar-refractivity contribution in [1.29, 1.82) is 0 Å². The van der Waals surface area contributed by atoms with E-state index in [1.54, 1.807) is 0 Å². The summed E-state index contributed by atoms with van der Waals surface area (Å²) in [7, 11) is 0. The summed E-state index contributed by atoms with van der Waals surface area (Å²) in [5.41, 5.74) is 1.68.